The minimum Gasteiger partial charge on any atom is -0.394 e. The molecule has 1 unspecified atom stereocenters. The van der Waals surface area contributed by atoms with Crippen LogP contribution in [0.25, 0.3) is 6.08 Å². The highest BCUT2D eigenvalue weighted by molar-refractivity contribution is 5.98. The van der Waals surface area contributed by atoms with E-state index in [1.54, 1.807) is 12.1 Å². The average molecular weight is 338 g/mol. The Morgan fingerprint density at radius 1 is 1.12 bits per heavy atom. The molecule has 2 aromatic carbocycles. The molecular formula is C19H18N2O4. The van der Waals surface area contributed by atoms with Gasteiger partial charge in [0.1, 0.15) is 6.10 Å². The highest BCUT2D eigenvalue weighted by Crippen LogP contribution is 2.29. The van der Waals surface area contributed by atoms with E-state index in [0.29, 0.717) is 5.56 Å². The Bertz CT molecular complexity index is 852. The Morgan fingerprint density at radius 3 is 2.24 bits per heavy atom. The molecule has 1 atom stereocenters. The number of hydrogen-bond donors (Lipinski definition) is 0. The van der Waals surface area contributed by atoms with Crippen LogP contribution in [0.3, 0.4) is 0 Å². The van der Waals surface area contributed by atoms with Gasteiger partial charge in [-0.1, -0.05) is 59.7 Å². The van der Waals surface area contributed by atoms with Crippen LogP contribution in [0.1, 0.15) is 34.8 Å². The van der Waals surface area contributed by atoms with Gasteiger partial charge >= 0.3 is 11.4 Å². The first-order chi connectivity index (χ1) is 11.9. The van der Waals surface area contributed by atoms with E-state index in [2.05, 4.69) is 0 Å². The van der Waals surface area contributed by atoms with Gasteiger partial charge in [-0.05, 0) is 25.0 Å². The van der Waals surface area contributed by atoms with Gasteiger partial charge in [0.25, 0.3) is 0 Å². The summed E-state index contributed by atoms with van der Waals surface area (Å²) >= 11 is 0. The Morgan fingerprint density at radius 2 is 1.68 bits per heavy atom. The van der Waals surface area contributed by atoms with Crippen molar-refractivity contribution in [2.75, 3.05) is 0 Å². The molecule has 0 radical (unpaired) electrons. The molecule has 0 fully saturated rings. The number of rotatable bonds is 4. The maximum absolute atomic E-state index is 12.1. The van der Waals surface area contributed by atoms with Crippen molar-refractivity contribution < 1.29 is 14.7 Å². The summed E-state index contributed by atoms with van der Waals surface area (Å²) in [7, 11) is 0. The van der Waals surface area contributed by atoms with Crippen LogP contribution in [-0.2, 0) is 4.84 Å². The van der Waals surface area contributed by atoms with Crippen LogP contribution in [-0.4, -0.2) is 15.5 Å². The van der Waals surface area contributed by atoms with Crippen molar-refractivity contribution in [2.45, 2.75) is 26.4 Å². The summed E-state index contributed by atoms with van der Waals surface area (Å²) < 4.78 is 0. The Hall–Kier alpha value is -3.15. The summed E-state index contributed by atoms with van der Waals surface area (Å²) in [4.78, 5) is 16.5. The van der Waals surface area contributed by atoms with Crippen molar-refractivity contribution in [1.29, 1.82) is 0 Å². The second-order valence-corrected chi connectivity index (χ2v) is 6.11. The van der Waals surface area contributed by atoms with Crippen LogP contribution >= 0.6 is 0 Å². The number of benzene rings is 2. The first-order valence-electron chi connectivity index (χ1n) is 7.93. The summed E-state index contributed by atoms with van der Waals surface area (Å²) in [6.45, 7) is 3.90. The molecule has 1 heterocycles. The van der Waals surface area contributed by atoms with Gasteiger partial charge in [0, 0.05) is 11.0 Å². The molecule has 6 heteroatoms. The van der Waals surface area contributed by atoms with Gasteiger partial charge in [-0.3, -0.25) is 15.3 Å². The predicted octanol–water partition coefficient (Wildman–Crippen LogP) is 3.95. The molecule has 1 aliphatic rings. The van der Waals surface area contributed by atoms with Gasteiger partial charge in [0.05, 0.1) is 11.3 Å². The van der Waals surface area contributed by atoms with Crippen LogP contribution in [0.15, 0.2) is 54.2 Å². The van der Waals surface area contributed by atoms with Crippen molar-refractivity contribution in [3.05, 3.63) is 91.8 Å². The third-order valence-corrected chi connectivity index (χ3v) is 4.14. The van der Waals surface area contributed by atoms with Crippen molar-refractivity contribution in [2.24, 2.45) is 0 Å². The molecule has 25 heavy (non-hydrogen) atoms. The van der Waals surface area contributed by atoms with Gasteiger partial charge in [-0.25, -0.2) is 0 Å². The fourth-order valence-electron chi connectivity index (χ4n) is 2.69. The van der Waals surface area contributed by atoms with Gasteiger partial charge in [0.2, 0.25) is 0 Å². The molecule has 0 N–H and O–H groups in total. The summed E-state index contributed by atoms with van der Waals surface area (Å²) in [5.74, 6) is 0. The second-order valence-electron chi connectivity index (χ2n) is 6.11. The smallest absolute Gasteiger partial charge is 0.342 e. The molecule has 1 aliphatic heterocycles. The molecule has 0 spiro atoms. The lowest BCUT2D eigenvalue weighted by atomic mass is 10.0. The Labute approximate surface area is 145 Å². The molecule has 0 saturated heterocycles. The molecule has 6 nitrogen and oxygen atoms in total. The quantitative estimate of drug-likeness (QED) is 0.480. The monoisotopic (exact) mass is 338 g/mol. The normalized spacial score (nSPS) is 17.5. The lowest BCUT2D eigenvalue weighted by Gasteiger charge is -2.11. The van der Waals surface area contributed by atoms with E-state index in [-0.39, 0.29) is 22.7 Å². The average Bonchev–Trinajstić information content (AvgIpc) is 2.96. The fourth-order valence-corrected chi connectivity index (χ4v) is 2.69. The summed E-state index contributed by atoms with van der Waals surface area (Å²) in [5.41, 5.74) is 3.41. The zero-order valence-electron chi connectivity index (χ0n) is 14.0. The van der Waals surface area contributed by atoms with E-state index in [4.69, 9.17) is 4.84 Å². The zero-order valence-corrected chi connectivity index (χ0v) is 14.0. The topological polar surface area (TPSA) is 78.4 Å². The molecular weight excluding hydrogens is 320 g/mol. The molecule has 0 amide bonds. The first-order valence-corrected chi connectivity index (χ1v) is 7.93. The lowest BCUT2D eigenvalue weighted by Crippen LogP contribution is -2.16. The predicted molar refractivity (Wildman–Crippen MR) is 94.4 cm³/mol. The van der Waals surface area contributed by atoms with Crippen molar-refractivity contribution >= 4 is 11.8 Å². The highest BCUT2D eigenvalue weighted by Gasteiger charge is 2.38. The van der Waals surface area contributed by atoms with Crippen LogP contribution in [0.5, 0.6) is 0 Å². The number of nitrogens with zero attached hydrogens (tertiary/aromatic N) is 2. The zero-order chi connectivity index (χ0) is 18.0. The number of allylic oxidation sites excluding steroid dienone is 1. The summed E-state index contributed by atoms with van der Waals surface area (Å²) in [6.07, 6.45) is 1.04. The van der Waals surface area contributed by atoms with E-state index in [1.807, 2.05) is 50.2 Å². The first kappa shape index (κ1) is 16.7. The molecule has 0 aliphatic carbocycles. The standard InChI is InChI=1S/C19H18N2O4/c1-13-3-7-15(8-4-13)11-17(20(22)23)18-12-19(25-21(18)24)16-9-5-14(2)6-10-16/h3-11,19H,12H2,1-2H3/b17-11+. The van der Waals surface area contributed by atoms with Gasteiger partial charge in [-0.15, -0.1) is 0 Å². The van der Waals surface area contributed by atoms with Gasteiger partial charge in [-0.2, -0.15) is 0 Å². The van der Waals surface area contributed by atoms with E-state index in [1.165, 1.54) is 6.08 Å². The molecule has 0 aromatic heterocycles. The van der Waals surface area contributed by atoms with Crippen molar-refractivity contribution in [3.63, 3.8) is 0 Å². The Kier molecular flexibility index (Phi) is 4.52. The van der Waals surface area contributed by atoms with Crippen molar-refractivity contribution in [1.82, 2.24) is 0 Å². The number of nitro groups is 1. The number of hydrogen-bond acceptors (Lipinski definition) is 4. The van der Waals surface area contributed by atoms with Gasteiger partial charge < -0.3 is 4.84 Å². The van der Waals surface area contributed by atoms with Crippen LogP contribution in [0, 0.1) is 29.2 Å². The molecule has 2 aromatic rings. The van der Waals surface area contributed by atoms with Crippen LogP contribution in [0.4, 0.5) is 0 Å². The lowest BCUT2D eigenvalue weighted by molar-refractivity contribution is -0.743. The number of aryl methyl sites for hydroxylation is 2. The summed E-state index contributed by atoms with van der Waals surface area (Å²) in [6, 6.07) is 14.9. The summed E-state index contributed by atoms with van der Waals surface area (Å²) in [5, 5.41) is 23.6. The van der Waals surface area contributed by atoms with E-state index < -0.39 is 11.0 Å². The fraction of sp³-hybridized carbons (Fsp3) is 0.211. The van der Waals surface area contributed by atoms with Crippen molar-refractivity contribution in [3.8, 4) is 0 Å². The SMILES string of the molecule is Cc1ccc(/C=C(\C2=[N+]([O-])OC(c3ccc(C)cc3)C2)[N+](=O)[O-])cc1. The van der Waals surface area contributed by atoms with Gasteiger partial charge in [0.15, 0.2) is 0 Å². The maximum Gasteiger partial charge on any atom is 0.342 e. The molecule has 0 saturated carbocycles. The Balaban J connectivity index is 1.89. The van der Waals surface area contributed by atoms with E-state index in [0.717, 1.165) is 16.7 Å². The molecule has 128 valence electrons. The minimum absolute atomic E-state index is 0.0242. The molecule has 0 bridgehead atoms. The third-order valence-electron chi connectivity index (χ3n) is 4.14. The van der Waals surface area contributed by atoms with Crippen LogP contribution < -0.4 is 0 Å². The van der Waals surface area contributed by atoms with E-state index >= 15 is 0 Å². The second kappa shape index (κ2) is 6.76. The van der Waals surface area contributed by atoms with Crippen LogP contribution in [0.2, 0.25) is 0 Å². The highest BCUT2D eigenvalue weighted by atomic mass is 16.9. The van der Waals surface area contributed by atoms with E-state index in [9.17, 15) is 15.3 Å². The molecule has 3 rings (SSSR count). The largest absolute Gasteiger partial charge is 0.394 e. The third kappa shape index (κ3) is 3.68. The minimum atomic E-state index is -0.541. The maximum atomic E-state index is 12.1.